The first-order valence-corrected chi connectivity index (χ1v) is 7.28. The monoisotopic (exact) mass is 263 g/mol. The Morgan fingerprint density at radius 1 is 1.33 bits per heavy atom. The Morgan fingerprint density at radius 3 is 2.78 bits per heavy atom. The van der Waals surface area contributed by atoms with Crippen LogP contribution in [0.4, 0.5) is 5.82 Å². The molecule has 94 valence electrons. The number of nitrogen functional groups attached to an aromatic ring is 1. The van der Waals surface area contributed by atoms with Crippen molar-refractivity contribution in [1.29, 1.82) is 0 Å². The Balaban J connectivity index is 2.33. The third-order valence-electron chi connectivity index (χ3n) is 3.32. The Morgan fingerprint density at radius 2 is 2.11 bits per heavy atom. The number of nitrogens with two attached hydrogens (primary N) is 1. The summed E-state index contributed by atoms with van der Waals surface area (Å²) in [4.78, 5) is 0.421. The van der Waals surface area contributed by atoms with E-state index < -0.39 is 9.84 Å². The molecule has 0 bridgehead atoms. The topological polar surface area (TPSA) is 78.0 Å². The lowest BCUT2D eigenvalue weighted by atomic mass is 10.0. The summed E-state index contributed by atoms with van der Waals surface area (Å²) >= 11 is 0. The van der Waals surface area contributed by atoms with Crippen LogP contribution in [0.3, 0.4) is 0 Å². The maximum absolute atomic E-state index is 12.1. The third-order valence-corrected chi connectivity index (χ3v) is 5.17. The Bertz CT molecular complexity index is 732. The Labute approximate surface area is 105 Å². The van der Waals surface area contributed by atoms with Gasteiger partial charge in [0.05, 0.1) is 16.8 Å². The summed E-state index contributed by atoms with van der Waals surface area (Å²) in [5, 5.41) is 4.06. The number of aromatic nitrogens is 2. The number of nitrogens with zero attached hydrogens (tertiary/aromatic N) is 2. The molecule has 0 unspecified atom stereocenters. The van der Waals surface area contributed by atoms with Crippen LogP contribution in [-0.2, 0) is 23.3 Å². The van der Waals surface area contributed by atoms with Gasteiger partial charge in [0, 0.05) is 18.2 Å². The van der Waals surface area contributed by atoms with Crippen LogP contribution < -0.4 is 5.73 Å². The highest BCUT2D eigenvalue weighted by molar-refractivity contribution is 7.91. The Hall–Kier alpha value is -1.82. The molecule has 0 amide bonds. The number of fused-ring (bicyclic) bond motifs is 1. The summed E-state index contributed by atoms with van der Waals surface area (Å²) < 4.78 is 25.7. The van der Waals surface area contributed by atoms with E-state index in [0.717, 1.165) is 5.56 Å². The predicted molar refractivity (Wildman–Crippen MR) is 68.8 cm³/mol. The van der Waals surface area contributed by atoms with Crippen molar-refractivity contribution in [2.75, 3.05) is 11.5 Å². The van der Waals surface area contributed by atoms with Crippen LogP contribution in [0.5, 0.6) is 0 Å². The summed E-state index contributed by atoms with van der Waals surface area (Å²) in [6.07, 6.45) is 2.18. The molecule has 2 aromatic rings. The van der Waals surface area contributed by atoms with Crippen molar-refractivity contribution >= 4 is 15.7 Å². The fraction of sp³-hybridized carbons (Fsp3) is 0.250. The first kappa shape index (κ1) is 11.3. The van der Waals surface area contributed by atoms with Crippen LogP contribution >= 0.6 is 0 Å². The number of aryl methyl sites for hydroxylation is 2. The fourth-order valence-electron chi connectivity index (χ4n) is 2.36. The molecule has 1 aromatic heterocycles. The van der Waals surface area contributed by atoms with Crippen LogP contribution in [0, 0.1) is 0 Å². The molecule has 0 saturated heterocycles. The number of benzene rings is 1. The van der Waals surface area contributed by atoms with E-state index in [1.165, 1.54) is 4.68 Å². The van der Waals surface area contributed by atoms with Crippen LogP contribution in [-0.4, -0.2) is 24.0 Å². The zero-order valence-corrected chi connectivity index (χ0v) is 10.7. The van der Waals surface area contributed by atoms with Crippen LogP contribution in [0.25, 0.3) is 11.1 Å². The average Bonchev–Trinajstić information content (AvgIpc) is 2.82. The van der Waals surface area contributed by atoms with Crippen LogP contribution in [0.2, 0.25) is 0 Å². The maximum atomic E-state index is 12.1. The second-order valence-electron chi connectivity index (χ2n) is 4.43. The van der Waals surface area contributed by atoms with Gasteiger partial charge in [0.2, 0.25) is 0 Å². The zero-order valence-electron chi connectivity index (χ0n) is 9.92. The minimum Gasteiger partial charge on any atom is -0.383 e. The lowest BCUT2D eigenvalue weighted by Gasteiger charge is -2.07. The molecule has 0 atom stereocenters. The molecular weight excluding hydrogens is 250 g/mol. The molecule has 2 N–H and O–H groups in total. The summed E-state index contributed by atoms with van der Waals surface area (Å²) in [6, 6.07) is 5.51. The molecule has 0 aliphatic carbocycles. The normalized spacial score (nSPS) is 16.7. The van der Waals surface area contributed by atoms with Crippen molar-refractivity contribution in [2.45, 2.75) is 11.3 Å². The molecular formula is C12H13N3O2S. The van der Waals surface area contributed by atoms with E-state index in [1.807, 2.05) is 12.1 Å². The van der Waals surface area contributed by atoms with Crippen molar-refractivity contribution in [1.82, 2.24) is 9.78 Å². The minimum atomic E-state index is -3.18. The van der Waals surface area contributed by atoms with Gasteiger partial charge in [-0.3, -0.25) is 4.68 Å². The molecule has 1 aliphatic heterocycles. The summed E-state index contributed by atoms with van der Waals surface area (Å²) in [7, 11) is -1.45. The van der Waals surface area contributed by atoms with Crippen LogP contribution in [0.1, 0.15) is 5.56 Å². The molecule has 2 heterocycles. The smallest absolute Gasteiger partial charge is 0.179 e. The largest absolute Gasteiger partial charge is 0.383 e. The molecule has 18 heavy (non-hydrogen) atoms. The second-order valence-corrected chi connectivity index (χ2v) is 6.48. The van der Waals surface area contributed by atoms with E-state index in [-0.39, 0.29) is 5.75 Å². The first-order valence-electron chi connectivity index (χ1n) is 5.63. The highest BCUT2D eigenvalue weighted by atomic mass is 32.2. The van der Waals surface area contributed by atoms with Gasteiger partial charge in [-0.05, 0) is 12.0 Å². The first-order chi connectivity index (χ1) is 8.50. The van der Waals surface area contributed by atoms with Crippen molar-refractivity contribution < 1.29 is 8.42 Å². The van der Waals surface area contributed by atoms with E-state index in [4.69, 9.17) is 5.73 Å². The zero-order chi connectivity index (χ0) is 12.9. The van der Waals surface area contributed by atoms with Gasteiger partial charge in [0.25, 0.3) is 0 Å². The minimum absolute atomic E-state index is 0.180. The molecule has 6 heteroatoms. The summed E-state index contributed by atoms with van der Waals surface area (Å²) in [5.41, 5.74) is 8.14. The van der Waals surface area contributed by atoms with Gasteiger partial charge in [-0.1, -0.05) is 18.2 Å². The standard InChI is InChI=1S/C12H13N3O2S/c1-15-12(13)10(7-14-15)9-4-2-3-8-5-6-18(16,17)11(8)9/h2-4,7H,5-6,13H2,1H3. The number of rotatable bonds is 1. The number of anilines is 1. The summed E-state index contributed by atoms with van der Waals surface area (Å²) in [6.45, 7) is 0. The van der Waals surface area contributed by atoms with E-state index >= 15 is 0 Å². The van der Waals surface area contributed by atoms with Crippen molar-refractivity contribution in [3.8, 4) is 11.1 Å². The van der Waals surface area contributed by atoms with Crippen molar-refractivity contribution in [3.05, 3.63) is 30.0 Å². The predicted octanol–water partition coefficient (Wildman–Crippen LogP) is 0.999. The number of hydrogen-bond acceptors (Lipinski definition) is 4. The molecule has 0 saturated carbocycles. The van der Waals surface area contributed by atoms with Gasteiger partial charge in [-0.2, -0.15) is 5.10 Å². The van der Waals surface area contributed by atoms with Gasteiger partial charge in [0.1, 0.15) is 5.82 Å². The van der Waals surface area contributed by atoms with E-state index in [9.17, 15) is 8.42 Å². The summed E-state index contributed by atoms with van der Waals surface area (Å²) in [5.74, 6) is 0.657. The molecule has 1 aromatic carbocycles. The SMILES string of the molecule is Cn1ncc(-c2cccc3c2S(=O)(=O)CC3)c1N. The number of hydrogen-bond donors (Lipinski definition) is 1. The highest BCUT2D eigenvalue weighted by Crippen LogP contribution is 2.37. The van der Waals surface area contributed by atoms with Gasteiger partial charge in [-0.25, -0.2) is 8.42 Å². The van der Waals surface area contributed by atoms with Gasteiger partial charge < -0.3 is 5.73 Å². The fourth-order valence-corrected chi connectivity index (χ4v) is 4.14. The lowest BCUT2D eigenvalue weighted by Crippen LogP contribution is -2.02. The van der Waals surface area contributed by atoms with Crippen molar-refractivity contribution in [2.24, 2.45) is 7.05 Å². The molecule has 0 fully saturated rings. The molecule has 0 spiro atoms. The average molecular weight is 263 g/mol. The van der Waals surface area contributed by atoms with Gasteiger partial charge >= 0.3 is 0 Å². The maximum Gasteiger partial charge on any atom is 0.179 e. The highest BCUT2D eigenvalue weighted by Gasteiger charge is 2.30. The quantitative estimate of drug-likeness (QED) is 0.832. The molecule has 5 nitrogen and oxygen atoms in total. The molecule has 3 rings (SSSR count). The van der Waals surface area contributed by atoms with Crippen LogP contribution in [0.15, 0.2) is 29.3 Å². The van der Waals surface area contributed by atoms with Crippen molar-refractivity contribution in [3.63, 3.8) is 0 Å². The van der Waals surface area contributed by atoms with E-state index in [1.54, 1.807) is 19.3 Å². The van der Waals surface area contributed by atoms with E-state index in [0.29, 0.717) is 28.3 Å². The van der Waals surface area contributed by atoms with Gasteiger partial charge in [0.15, 0.2) is 9.84 Å². The lowest BCUT2D eigenvalue weighted by molar-refractivity contribution is 0.600. The van der Waals surface area contributed by atoms with E-state index in [2.05, 4.69) is 5.10 Å². The third kappa shape index (κ3) is 1.45. The second kappa shape index (κ2) is 3.58. The number of sulfone groups is 1. The Kier molecular flexibility index (Phi) is 2.25. The molecule has 1 aliphatic rings. The van der Waals surface area contributed by atoms with Gasteiger partial charge in [-0.15, -0.1) is 0 Å². The molecule has 0 radical (unpaired) electrons.